The quantitative estimate of drug-likeness (QED) is 0.642. The summed E-state index contributed by atoms with van der Waals surface area (Å²) in [7, 11) is 3.12. The Morgan fingerprint density at radius 1 is 1.00 bits per heavy atom. The number of benzene rings is 2. The lowest BCUT2D eigenvalue weighted by molar-refractivity contribution is -0.147. The molecule has 0 aromatic heterocycles. The van der Waals surface area contributed by atoms with Crippen LogP contribution >= 0.6 is 15.9 Å². The van der Waals surface area contributed by atoms with Gasteiger partial charge in [-0.1, -0.05) is 22.0 Å². The van der Waals surface area contributed by atoms with Crippen LogP contribution in [0, 0.1) is 13.8 Å². The van der Waals surface area contributed by atoms with Gasteiger partial charge < -0.3 is 18.9 Å². The topological polar surface area (TPSA) is 54.0 Å². The van der Waals surface area contributed by atoms with Crippen LogP contribution in [-0.4, -0.2) is 26.8 Å². The lowest BCUT2D eigenvalue weighted by Crippen LogP contribution is -2.15. The lowest BCUT2D eigenvalue weighted by atomic mass is 10.1. The summed E-state index contributed by atoms with van der Waals surface area (Å²) in [5.41, 5.74) is 3.06. The van der Waals surface area contributed by atoms with Gasteiger partial charge in [-0.3, -0.25) is 0 Å². The van der Waals surface area contributed by atoms with Crippen molar-refractivity contribution in [3.05, 3.63) is 51.5 Å². The minimum atomic E-state index is -0.445. The third-order valence-electron chi connectivity index (χ3n) is 3.78. The fourth-order valence-electron chi connectivity index (χ4n) is 2.15. The third-order valence-corrected chi connectivity index (χ3v) is 4.51. The molecule has 0 aliphatic heterocycles. The van der Waals surface area contributed by atoms with Crippen molar-refractivity contribution in [3.63, 3.8) is 0 Å². The Morgan fingerprint density at radius 3 is 2.32 bits per heavy atom. The van der Waals surface area contributed by atoms with Crippen molar-refractivity contribution in [2.24, 2.45) is 0 Å². The molecule has 0 aliphatic carbocycles. The molecule has 0 saturated heterocycles. The van der Waals surface area contributed by atoms with Crippen LogP contribution in [-0.2, 0) is 16.1 Å². The van der Waals surface area contributed by atoms with Crippen molar-refractivity contribution < 1.29 is 23.7 Å². The van der Waals surface area contributed by atoms with Gasteiger partial charge in [0, 0.05) is 10.0 Å². The summed E-state index contributed by atoms with van der Waals surface area (Å²) in [5, 5.41) is 0. The van der Waals surface area contributed by atoms with Crippen LogP contribution in [0.5, 0.6) is 17.2 Å². The molecule has 0 spiro atoms. The number of esters is 1. The van der Waals surface area contributed by atoms with Gasteiger partial charge in [-0.2, -0.15) is 0 Å². The number of hydrogen-bond acceptors (Lipinski definition) is 5. The van der Waals surface area contributed by atoms with Gasteiger partial charge in [-0.05, 0) is 49.2 Å². The molecule has 0 unspecified atom stereocenters. The highest BCUT2D eigenvalue weighted by atomic mass is 79.9. The number of rotatable bonds is 7. The van der Waals surface area contributed by atoms with E-state index in [9.17, 15) is 4.79 Å². The number of methoxy groups -OCH3 is 2. The van der Waals surface area contributed by atoms with Gasteiger partial charge in [-0.15, -0.1) is 0 Å². The van der Waals surface area contributed by atoms with Gasteiger partial charge in [0.05, 0.1) is 14.2 Å². The zero-order valence-corrected chi connectivity index (χ0v) is 16.3. The molecule has 25 heavy (non-hydrogen) atoms. The number of aryl methyl sites for hydroxylation is 2. The molecule has 134 valence electrons. The zero-order valence-electron chi connectivity index (χ0n) is 14.7. The molecule has 0 bridgehead atoms. The zero-order chi connectivity index (χ0) is 18.4. The van der Waals surface area contributed by atoms with E-state index >= 15 is 0 Å². The fraction of sp³-hybridized carbons (Fsp3) is 0.316. The van der Waals surface area contributed by atoms with E-state index < -0.39 is 5.97 Å². The minimum absolute atomic E-state index is 0.107. The van der Waals surface area contributed by atoms with Crippen LogP contribution in [0.1, 0.15) is 16.7 Å². The Hall–Kier alpha value is -2.21. The van der Waals surface area contributed by atoms with E-state index in [1.807, 2.05) is 32.0 Å². The molecule has 0 radical (unpaired) electrons. The molecule has 0 heterocycles. The number of carbonyl (C=O) groups excluding carboxylic acids is 1. The standard InChI is InChI=1S/C19H21BrO5/c1-12-5-6-15(7-13(12)2)24-11-19(21)25-10-14-8-17(22-3)18(23-4)9-16(14)20/h5-9H,10-11H2,1-4H3. The summed E-state index contributed by atoms with van der Waals surface area (Å²) < 4.78 is 22.0. The van der Waals surface area contributed by atoms with Crippen LogP contribution in [0.2, 0.25) is 0 Å². The van der Waals surface area contributed by atoms with Crippen molar-refractivity contribution in [2.45, 2.75) is 20.5 Å². The normalized spacial score (nSPS) is 10.3. The van der Waals surface area contributed by atoms with Crippen LogP contribution in [0.15, 0.2) is 34.8 Å². The second-order valence-electron chi connectivity index (χ2n) is 5.49. The number of hydrogen-bond donors (Lipinski definition) is 0. The maximum atomic E-state index is 11.9. The first kappa shape index (κ1) is 19.1. The summed E-state index contributed by atoms with van der Waals surface area (Å²) in [5.74, 6) is 1.37. The third kappa shape index (κ3) is 5.13. The van der Waals surface area contributed by atoms with Crippen molar-refractivity contribution in [1.29, 1.82) is 0 Å². The lowest BCUT2D eigenvalue weighted by Gasteiger charge is -2.12. The largest absolute Gasteiger partial charge is 0.493 e. The van der Waals surface area contributed by atoms with Crippen molar-refractivity contribution in [3.8, 4) is 17.2 Å². The van der Waals surface area contributed by atoms with Gasteiger partial charge in [-0.25, -0.2) is 4.79 Å². The van der Waals surface area contributed by atoms with E-state index in [0.717, 1.165) is 15.6 Å². The molecule has 5 nitrogen and oxygen atoms in total. The maximum Gasteiger partial charge on any atom is 0.344 e. The molecule has 0 atom stereocenters. The molecular weight excluding hydrogens is 388 g/mol. The van der Waals surface area contributed by atoms with Crippen molar-refractivity contribution in [2.75, 3.05) is 20.8 Å². The van der Waals surface area contributed by atoms with Gasteiger partial charge in [0.15, 0.2) is 18.1 Å². The average molecular weight is 409 g/mol. The molecule has 0 aliphatic rings. The summed E-state index contributed by atoms with van der Waals surface area (Å²) >= 11 is 3.43. The molecule has 0 amide bonds. The summed E-state index contributed by atoms with van der Waals surface area (Å²) in [6, 6.07) is 9.22. The second-order valence-corrected chi connectivity index (χ2v) is 6.35. The summed E-state index contributed by atoms with van der Waals surface area (Å²) in [6.07, 6.45) is 0. The molecule has 0 N–H and O–H groups in total. The van der Waals surface area contributed by atoms with Crippen LogP contribution in [0.3, 0.4) is 0 Å². The van der Waals surface area contributed by atoms with E-state index in [1.54, 1.807) is 26.4 Å². The van der Waals surface area contributed by atoms with Crippen LogP contribution in [0.4, 0.5) is 0 Å². The van der Waals surface area contributed by atoms with Crippen LogP contribution in [0.25, 0.3) is 0 Å². The Labute approximate surface area is 156 Å². The summed E-state index contributed by atoms with van der Waals surface area (Å²) in [6.45, 7) is 3.98. The first-order chi connectivity index (χ1) is 11.9. The number of ether oxygens (including phenoxy) is 4. The highest BCUT2D eigenvalue weighted by Crippen LogP contribution is 2.33. The molecule has 2 rings (SSSR count). The maximum absolute atomic E-state index is 11.9. The molecule has 0 fully saturated rings. The van der Waals surface area contributed by atoms with Crippen LogP contribution < -0.4 is 14.2 Å². The molecule has 6 heteroatoms. The number of halogens is 1. The van der Waals surface area contributed by atoms with Crippen molar-refractivity contribution in [1.82, 2.24) is 0 Å². The Morgan fingerprint density at radius 2 is 1.68 bits per heavy atom. The van der Waals surface area contributed by atoms with Gasteiger partial charge in [0.1, 0.15) is 12.4 Å². The number of carbonyl (C=O) groups is 1. The Bertz CT molecular complexity index is 758. The predicted molar refractivity (Wildman–Crippen MR) is 98.5 cm³/mol. The molecular formula is C19H21BrO5. The van der Waals surface area contributed by atoms with E-state index in [1.165, 1.54) is 5.56 Å². The first-order valence-electron chi connectivity index (χ1n) is 7.70. The van der Waals surface area contributed by atoms with Crippen molar-refractivity contribution >= 4 is 21.9 Å². The summed E-state index contributed by atoms with van der Waals surface area (Å²) in [4.78, 5) is 11.9. The Balaban J connectivity index is 1.92. The van der Waals surface area contributed by atoms with Gasteiger partial charge >= 0.3 is 5.97 Å². The molecule has 2 aromatic carbocycles. The molecule has 0 saturated carbocycles. The van der Waals surface area contributed by atoms with E-state index in [-0.39, 0.29) is 13.2 Å². The van der Waals surface area contributed by atoms with Gasteiger partial charge in [0.2, 0.25) is 0 Å². The highest BCUT2D eigenvalue weighted by molar-refractivity contribution is 9.10. The molecule has 2 aromatic rings. The first-order valence-corrected chi connectivity index (χ1v) is 8.50. The predicted octanol–water partition coefficient (Wildman–Crippen LogP) is 4.21. The Kier molecular flexibility index (Phi) is 6.70. The average Bonchev–Trinajstić information content (AvgIpc) is 2.61. The van der Waals surface area contributed by atoms with E-state index in [0.29, 0.717) is 17.2 Å². The minimum Gasteiger partial charge on any atom is -0.493 e. The monoisotopic (exact) mass is 408 g/mol. The fourth-order valence-corrected chi connectivity index (χ4v) is 2.59. The van der Waals surface area contributed by atoms with Gasteiger partial charge in [0.25, 0.3) is 0 Å². The highest BCUT2D eigenvalue weighted by Gasteiger charge is 2.12. The SMILES string of the molecule is COc1cc(Br)c(COC(=O)COc2ccc(C)c(C)c2)cc1OC. The second kappa shape index (κ2) is 8.76. The van der Waals surface area contributed by atoms with E-state index in [2.05, 4.69) is 15.9 Å². The van der Waals surface area contributed by atoms with E-state index in [4.69, 9.17) is 18.9 Å². The smallest absolute Gasteiger partial charge is 0.344 e.